The van der Waals surface area contributed by atoms with Gasteiger partial charge >= 0.3 is 0 Å². The van der Waals surface area contributed by atoms with Crippen molar-refractivity contribution in [2.75, 3.05) is 24.1 Å². The summed E-state index contributed by atoms with van der Waals surface area (Å²) in [5, 5.41) is 2.90. The Kier molecular flexibility index (Phi) is 6.00. The molecule has 9 nitrogen and oxygen atoms in total. The molecule has 1 aromatic carbocycles. The van der Waals surface area contributed by atoms with Crippen LogP contribution in [-0.2, 0) is 4.79 Å². The van der Waals surface area contributed by atoms with Gasteiger partial charge in [-0.05, 0) is 73.9 Å². The number of nitrogens with one attached hydrogen (secondary N) is 1. The molecule has 1 aliphatic carbocycles. The van der Waals surface area contributed by atoms with Gasteiger partial charge in [-0.15, -0.1) is 0 Å². The second kappa shape index (κ2) is 9.63. The quantitative estimate of drug-likeness (QED) is 0.398. The number of nitrogens with two attached hydrogens (primary N) is 1. The fraction of sp³-hybridized carbons (Fsp3) is 0.276. The first-order valence-electron chi connectivity index (χ1n) is 12.7. The number of hydrogen-bond acceptors (Lipinski definition) is 6. The van der Waals surface area contributed by atoms with E-state index in [4.69, 9.17) is 10.7 Å². The molecule has 0 bridgehead atoms. The molecule has 1 saturated heterocycles. The Morgan fingerprint density at radius 1 is 1.03 bits per heavy atom. The first-order chi connectivity index (χ1) is 18.5. The molecule has 2 amide bonds. The van der Waals surface area contributed by atoms with E-state index in [-0.39, 0.29) is 17.7 Å². The first kappa shape index (κ1) is 23.7. The van der Waals surface area contributed by atoms with Crippen molar-refractivity contribution in [1.29, 1.82) is 0 Å². The average Bonchev–Trinajstić information content (AvgIpc) is 3.53. The summed E-state index contributed by atoms with van der Waals surface area (Å²) in [6, 6.07) is 13.1. The first-order valence-corrected chi connectivity index (χ1v) is 12.7. The van der Waals surface area contributed by atoms with Gasteiger partial charge in [0, 0.05) is 42.5 Å². The van der Waals surface area contributed by atoms with E-state index < -0.39 is 0 Å². The average molecular weight is 506 g/mol. The topological polar surface area (TPSA) is 119 Å². The molecule has 190 valence electrons. The predicted molar refractivity (Wildman–Crippen MR) is 144 cm³/mol. The summed E-state index contributed by atoms with van der Waals surface area (Å²) in [4.78, 5) is 40.5. The number of anilines is 2. The lowest BCUT2D eigenvalue weighted by atomic mass is 10.0. The van der Waals surface area contributed by atoms with Crippen molar-refractivity contribution in [1.82, 2.24) is 24.3 Å². The van der Waals surface area contributed by atoms with Crippen LogP contribution in [0.1, 0.15) is 59.6 Å². The molecule has 2 fully saturated rings. The fourth-order valence-electron chi connectivity index (χ4n) is 5.08. The molecule has 38 heavy (non-hydrogen) atoms. The summed E-state index contributed by atoms with van der Waals surface area (Å²) in [6.07, 6.45) is 6.57. The maximum atomic E-state index is 12.9. The Morgan fingerprint density at radius 3 is 2.58 bits per heavy atom. The number of benzene rings is 1. The number of rotatable bonds is 5. The smallest absolute Gasteiger partial charge is 0.298 e. The van der Waals surface area contributed by atoms with E-state index in [1.165, 1.54) is 18.4 Å². The van der Waals surface area contributed by atoms with E-state index in [9.17, 15) is 9.59 Å². The lowest BCUT2D eigenvalue weighted by Gasteiger charge is -2.12. The number of amides is 2. The van der Waals surface area contributed by atoms with Gasteiger partial charge in [-0.2, -0.15) is 0 Å². The number of carbonyl (C=O) groups is 2. The molecule has 4 heterocycles. The molecule has 1 saturated carbocycles. The Labute approximate surface area is 220 Å². The third-order valence-corrected chi connectivity index (χ3v) is 7.18. The lowest BCUT2D eigenvalue weighted by molar-refractivity contribution is -0.124. The van der Waals surface area contributed by atoms with E-state index in [1.807, 2.05) is 34.7 Å². The van der Waals surface area contributed by atoms with Crippen LogP contribution in [0, 0.1) is 11.8 Å². The number of nitrogen functional groups attached to an aromatic ring is 1. The van der Waals surface area contributed by atoms with E-state index in [0.29, 0.717) is 42.2 Å². The van der Waals surface area contributed by atoms with Gasteiger partial charge < -0.3 is 16.0 Å². The van der Waals surface area contributed by atoms with Crippen LogP contribution in [-0.4, -0.2) is 49.2 Å². The van der Waals surface area contributed by atoms with Crippen molar-refractivity contribution in [2.24, 2.45) is 0 Å². The molecule has 3 N–H and O–H groups in total. The fourth-order valence-corrected chi connectivity index (χ4v) is 5.08. The SMILES string of the molecule is CC#CC(=O)N1CCC(c2nc(-c3ccc(C(=O)Nc4cc(C5CC5)ccn4)cc3)n3c(N)nccc23)C1. The number of pyridine rings is 1. The highest BCUT2D eigenvalue weighted by atomic mass is 16.2. The van der Waals surface area contributed by atoms with Crippen molar-refractivity contribution in [2.45, 2.75) is 38.0 Å². The van der Waals surface area contributed by atoms with Gasteiger partial charge in [0.15, 0.2) is 0 Å². The summed E-state index contributed by atoms with van der Waals surface area (Å²) < 4.78 is 1.83. The predicted octanol–water partition coefficient (Wildman–Crippen LogP) is 3.84. The highest BCUT2D eigenvalue weighted by molar-refractivity contribution is 6.04. The molecule has 1 aliphatic heterocycles. The third kappa shape index (κ3) is 4.45. The molecular formula is C29H27N7O2. The van der Waals surface area contributed by atoms with Crippen LogP contribution in [0.25, 0.3) is 16.9 Å². The minimum Gasteiger partial charge on any atom is -0.369 e. The monoisotopic (exact) mass is 505 g/mol. The number of imidazole rings is 1. The van der Waals surface area contributed by atoms with Gasteiger partial charge in [0.1, 0.15) is 11.6 Å². The van der Waals surface area contributed by atoms with Crippen LogP contribution in [0.2, 0.25) is 0 Å². The van der Waals surface area contributed by atoms with Gasteiger partial charge in [-0.1, -0.05) is 18.1 Å². The molecular weight excluding hydrogens is 478 g/mol. The molecule has 1 unspecified atom stereocenters. The molecule has 2 aliphatic rings. The number of nitrogens with zero attached hydrogens (tertiary/aromatic N) is 5. The molecule has 6 rings (SSSR count). The standard InChI is InChI=1S/C29H27N7O2/c1-2-3-25(37)35-15-12-22(17-35)26-23-11-14-32-29(30)36(23)27(34-26)19-6-8-20(9-7-19)28(38)33-24-16-21(10-13-31-24)18-4-5-18/h6-11,13-14,16,18,22H,4-5,12,15,17H2,1H3,(H2,30,32)(H,31,33,38). The maximum Gasteiger partial charge on any atom is 0.298 e. The van der Waals surface area contributed by atoms with Crippen molar-refractivity contribution < 1.29 is 9.59 Å². The molecule has 0 radical (unpaired) electrons. The van der Waals surface area contributed by atoms with E-state index >= 15 is 0 Å². The van der Waals surface area contributed by atoms with E-state index in [1.54, 1.807) is 36.4 Å². The maximum absolute atomic E-state index is 12.9. The zero-order valence-corrected chi connectivity index (χ0v) is 21.0. The molecule has 9 heteroatoms. The van der Waals surface area contributed by atoms with Gasteiger partial charge in [-0.25, -0.2) is 15.0 Å². The van der Waals surface area contributed by atoms with Crippen LogP contribution in [0.15, 0.2) is 54.9 Å². The lowest BCUT2D eigenvalue weighted by Crippen LogP contribution is -2.26. The van der Waals surface area contributed by atoms with Crippen molar-refractivity contribution in [3.8, 4) is 23.2 Å². The summed E-state index contributed by atoms with van der Waals surface area (Å²) in [5.41, 5.74) is 10.5. The molecule has 4 aromatic rings. The van der Waals surface area contributed by atoms with Crippen molar-refractivity contribution >= 4 is 29.1 Å². The summed E-state index contributed by atoms with van der Waals surface area (Å²) >= 11 is 0. The molecule has 1 atom stereocenters. The second-order valence-electron chi connectivity index (χ2n) is 9.74. The number of aromatic nitrogens is 4. The minimum absolute atomic E-state index is 0.0621. The van der Waals surface area contributed by atoms with Crippen LogP contribution in [0.3, 0.4) is 0 Å². The second-order valence-corrected chi connectivity index (χ2v) is 9.74. The summed E-state index contributed by atoms with van der Waals surface area (Å²) in [5.74, 6) is 7.08. The van der Waals surface area contributed by atoms with E-state index in [2.05, 4.69) is 27.1 Å². The van der Waals surface area contributed by atoms with Crippen LogP contribution >= 0.6 is 0 Å². The van der Waals surface area contributed by atoms with Crippen molar-refractivity contribution in [3.63, 3.8) is 0 Å². The van der Waals surface area contributed by atoms with Gasteiger partial charge in [-0.3, -0.25) is 14.0 Å². The summed E-state index contributed by atoms with van der Waals surface area (Å²) in [7, 11) is 0. The Morgan fingerprint density at radius 2 is 1.82 bits per heavy atom. The number of fused-ring (bicyclic) bond motifs is 1. The minimum atomic E-state index is -0.224. The Hall–Kier alpha value is -4.71. The largest absolute Gasteiger partial charge is 0.369 e. The van der Waals surface area contributed by atoms with Crippen molar-refractivity contribution in [3.05, 3.63) is 71.7 Å². The van der Waals surface area contributed by atoms with Crippen LogP contribution in [0.5, 0.6) is 0 Å². The third-order valence-electron chi connectivity index (χ3n) is 7.18. The van der Waals surface area contributed by atoms with Crippen LogP contribution in [0.4, 0.5) is 11.8 Å². The zero-order valence-electron chi connectivity index (χ0n) is 21.0. The van der Waals surface area contributed by atoms with Gasteiger partial charge in [0.05, 0.1) is 11.2 Å². The summed E-state index contributed by atoms with van der Waals surface area (Å²) in [6.45, 7) is 2.85. The van der Waals surface area contributed by atoms with E-state index in [0.717, 1.165) is 23.2 Å². The highest BCUT2D eigenvalue weighted by Gasteiger charge is 2.31. The number of likely N-dealkylation sites (tertiary alicyclic amines) is 1. The zero-order chi connectivity index (χ0) is 26.2. The number of hydrogen-bond donors (Lipinski definition) is 2. The normalized spacial score (nSPS) is 16.8. The molecule has 0 spiro atoms. The Bertz CT molecular complexity index is 1610. The highest BCUT2D eigenvalue weighted by Crippen LogP contribution is 2.40. The Balaban J connectivity index is 1.26. The van der Waals surface area contributed by atoms with Crippen LogP contribution < -0.4 is 11.1 Å². The van der Waals surface area contributed by atoms with Gasteiger partial charge in [0.25, 0.3) is 11.8 Å². The van der Waals surface area contributed by atoms with Gasteiger partial charge in [0.2, 0.25) is 5.95 Å². The number of carbonyl (C=O) groups excluding carboxylic acids is 2. The molecule has 3 aromatic heterocycles.